The molecule has 2 rings (SSSR count). The van der Waals surface area contributed by atoms with Crippen molar-refractivity contribution < 1.29 is 13.2 Å². The van der Waals surface area contributed by atoms with E-state index in [1.54, 1.807) is 6.20 Å². The Hall–Kier alpha value is -2.31. The van der Waals surface area contributed by atoms with E-state index in [9.17, 15) is 13.2 Å². The SMILES string of the molecule is Cc1ccc(CNc2cc(C(F)(F)F)cc(N)n2)cn1. The van der Waals surface area contributed by atoms with Crippen LogP contribution in [0.15, 0.2) is 30.5 Å². The number of hydrogen-bond acceptors (Lipinski definition) is 4. The van der Waals surface area contributed by atoms with Crippen molar-refractivity contribution in [3.63, 3.8) is 0 Å². The van der Waals surface area contributed by atoms with Crippen LogP contribution in [0.3, 0.4) is 0 Å². The van der Waals surface area contributed by atoms with Gasteiger partial charge in [0.2, 0.25) is 0 Å². The van der Waals surface area contributed by atoms with E-state index in [4.69, 9.17) is 5.73 Å². The number of hydrogen-bond donors (Lipinski definition) is 2. The Labute approximate surface area is 113 Å². The topological polar surface area (TPSA) is 63.8 Å². The number of nitrogens with one attached hydrogen (secondary N) is 1. The molecule has 0 bridgehead atoms. The zero-order valence-corrected chi connectivity index (χ0v) is 10.7. The second-order valence-corrected chi connectivity index (χ2v) is 4.33. The molecule has 0 aliphatic rings. The minimum absolute atomic E-state index is 0.0814. The molecule has 2 heterocycles. The van der Waals surface area contributed by atoms with Gasteiger partial charge in [-0.2, -0.15) is 13.2 Å². The van der Waals surface area contributed by atoms with Crippen molar-refractivity contribution in [1.29, 1.82) is 0 Å². The Bertz CT molecular complexity index is 594. The van der Waals surface area contributed by atoms with Crippen molar-refractivity contribution in [2.45, 2.75) is 19.6 Å². The summed E-state index contributed by atoms with van der Waals surface area (Å²) >= 11 is 0. The molecule has 2 aromatic heterocycles. The van der Waals surface area contributed by atoms with Gasteiger partial charge in [-0.3, -0.25) is 4.98 Å². The summed E-state index contributed by atoms with van der Waals surface area (Å²) in [6.45, 7) is 2.17. The van der Waals surface area contributed by atoms with Crippen LogP contribution in [-0.4, -0.2) is 9.97 Å². The van der Waals surface area contributed by atoms with Gasteiger partial charge in [0.25, 0.3) is 0 Å². The molecule has 7 heteroatoms. The summed E-state index contributed by atoms with van der Waals surface area (Å²) in [5.41, 5.74) is 6.27. The minimum atomic E-state index is -4.45. The highest BCUT2D eigenvalue weighted by molar-refractivity contribution is 5.47. The van der Waals surface area contributed by atoms with E-state index >= 15 is 0 Å². The average Bonchev–Trinajstić information content (AvgIpc) is 2.36. The number of aromatic nitrogens is 2. The minimum Gasteiger partial charge on any atom is -0.384 e. The molecule has 3 N–H and O–H groups in total. The second-order valence-electron chi connectivity index (χ2n) is 4.33. The molecule has 0 radical (unpaired) electrons. The quantitative estimate of drug-likeness (QED) is 0.908. The van der Waals surface area contributed by atoms with E-state index in [0.717, 1.165) is 23.4 Å². The molecule has 0 aromatic carbocycles. The van der Waals surface area contributed by atoms with Crippen molar-refractivity contribution in [1.82, 2.24) is 9.97 Å². The number of nitrogen functional groups attached to an aromatic ring is 1. The molecule has 0 aliphatic heterocycles. The highest BCUT2D eigenvalue weighted by Gasteiger charge is 2.31. The van der Waals surface area contributed by atoms with E-state index in [1.807, 2.05) is 19.1 Å². The molecule has 106 valence electrons. The molecule has 4 nitrogen and oxygen atoms in total. The van der Waals surface area contributed by atoms with Gasteiger partial charge in [0.1, 0.15) is 11.6 Å². The number of nitrogens with two attached hydrogens (primary N) is 1. The van der Waals surface area contributed by atoms with E-state index < -0.39 is 11.7 Å². The maximum absolute atomic E-state index is 12.6. The number of pyridine rings is 2. The lowest BCUT2D eigenvalue weighted by Gasteiger charge is -2.11. The van der Waals surface area contributed by atoms with Crippen LogP contribution in [0.5, 0.6) is 0 Å². The van der Waals surface area contributed by atoms with Crippen LogP contribution in [0.4, 0.5) is 24.8 Å². The molecule has 0 fully saturated rings. The van der Waals surface area contributed by atoms with E-state index in [-0.39, 0.29) is 11.6 Å². The summed E-state index contributed by atoms with van der Waals surface area (Å²) in [7, 11) is 0. The highest BCUT2D eigenvalue weighted by atomic mass is 19.4. The summed E-state index contributed by atoms with van der Waals surface area (Å²) in [6, 6.07) is 5.40. The van der Waals surface area contributed by atoms with Crippen LogP contribution in [0.25, 0.3) is 0 Å². The zero-order valence-electron chi connectivity index (χ0n) is 10.7. The number of alkyl halides is 3. The first kappa shape index (κ1) is 14.1. The van der Waals surface area contributed by atoms with Crippen molar-refractivity contribution in [3.8, 4) is 0 Å². The number of halogens is 3. The van der Waals surface area contributed by atoms with Gasteiger partial charge in [-0.1, -0.05) is 6.07 Å². The molecular formula is C13H13F3N4. The first-order valence-corrected chi connectivity index (χ1v) is 5.85. The standard InChI is InChI=1S/C13H13F3N4/c1-8-2-3-9(6-18-8)7-19-12-5-10(13(14,15)16)4-11(17)20-12/h2-6H,7H2,1H3,(H3,17,19,20). The van der Waals surface area contributed by atoms with Gasteiger partial charge in [-0.05, 0) is 30.7 Å². The monoisotopic (exact) mass is 282 g/mol. The number of aryl methyl sites for hydroxylation is 1. The highest BCUT2D eigenvalue weighted by Crippen LogP contribution is 2.31. The Morgan fingerprint density at radius 1 is 1.25 bits per heavy atom. The lowest BCUT2D eigenvalue weighted by atomic mass is 10.2. The molecule has 0 aliphatic carbocycles. The lowest BCUT2D eigenvalue weighted by Crippen LogP contribution is -2.10. The van der Waals surface area contributed by atoms with Gasteiger partial charge in [0, 0.05) is 18.4 Å². The van der Waals surface area contributed by atoms with Crippen LogP contribution in [0.2, 0.25) is 0 Å². The Balaban J connectivity index is 2.13. The predicted octanol–water partition coefficient (Wildman–Crippen LogP) is 3.00. The number of nitrogens with zero attached hydrogens (tertiary/aromatic N) is 2. The normalized spacial score (nSPS) is 11.4. The number of rotatable bonds is 3. The predicted molar refractivity (Wildman–Crippen MR) is 70.0 cm³/mol. The molecule has 0 atom stereocenters. The first-order chi connectivity index (χ1) is 9.34. The van der Waals surface area contributed by atoms with Crippen molar-refractivity contribution >= 4 is 11.6 Å². The van der Waals surface area contributed by atoms with Crippen LogP contribution in [0, 0.1) is 6.92 Å². The second kappa shape index (κ2) is 5.36. The van der Waals surface area contributed by atoms with Gasteiger partial charge in [0.15, 0.2) is 0 Å². The summed E-state index contributed by atoms with van der Waals surface area (Å²) in [6.07, 6.45) is -2.79. The largest absolute Gasteiger partial charge is 0.416 e. The summed E-state index contributed by atoms with van der Waals surface area (Å²) in [5, 5.41) is 2.80. The van der Waals surface area contributed by atoms with Crippen LogP contribution < -0.4 is 11.1 Å². The van der Waals surface area contributed by atoms with Crippen LogP contribution in [-0.2, 0) is 12.7 Å². The maximum Gasteiger partial charge on any atom is 0.416 e. The lowest BCUT2D eigenvalue weighted by molar-refractivity contribution is -0.137. The van der Waals surface area contributed by atoms with E-state index in [2.05, 4.69) is 15.3 Å². The van der Waals surface area contributed by atoms with Gasteiger partial charge in [-0.15, -0.1) is 0 Å². The van der Waals surface area contributed by atoms with Gasteiger partial charge >= 0.3 is 6.18 Å². The molecule has 0 amide bonds. The molecule has 2 aromatic rings. The smallest absolute Gasteiger partial charge is 0.384 e. The molecule has 0 saturated heterocycles. The van der Waals surface area contributed by atoms with Crippen molar-refractivity contribution in [2.75, 3.05) is 11.1 Å². The molecule has 20 heavy (non-hydrogen) atoms. The molecule has 0 spiro atoms. The number of anilines is 2. The van der Waals surface area contributed by atoms with Gasteiger partial charge in [-0.25, -0.2) is 4.98 Å². The fourth-order valence-electron chi connectivity index (χ4n) is 1.60. The third kappa shape index (κ3) is 3.59. The molecule has 0 unspecified atom stereocenters. The van der Waals surface area contributed by atoms with E-state index in [1.165, 1.54) is 0 Å². The summed E-state index contributed by atoms with van der Waals surface area (Å²) in [4.78, 5) is 7.93. The average molecular weight is 282 g/mol. The maximum atomic E-state index is 12.6. The van der Waals surface area contributed by atoms with Crippen molar-refractivity contribution in [2.24, 2.45) is 0 Å². The zero-order chi connectivity index (χ0) is 14.8. The summed E-state index contributed by atoms with van der Waals surface area (Å²) in [5.74, 6) is -0.0951. The third-order valence-corrected chi connectivity index (χ3v) is 2.62. The fraction of sp³-hybridized carbons (Fsp3) is 0.231. The summed E-state index contributed by atoms with van der Waals surface area (Å²) < 4.78 is 37.9. The van der Waals surface area contributed by atoms with Crippen LogP contribution in [0.1, 0.15) is 16.8 Å². The third-order valence-electron chi connectivity index (χ3n) is 2.62. The fourth-order valence-corrected chi connectivity index (χ4v) is 1.60. The molecular weight excluding hydrogens is 269 g/mol. The Morgan fingerprint density at radius 2 is 2.00 bits per heavy atom. The Kier molecular flexibility index (Phi) is 3.78. The first-order valence-electron chi connectivity index (χ1n) is 5.85. The molecule has 0 saturated carbocycles. The van der Waals surface area contributed by atoms with E-state index in [0.29, 0.717) is 6.54 Å². The van der Waals surface area contributed by atoms with Gasteiger partial charge in [0.05, 0.1) is 5.56 Å². The Morgan fingerprint density at radius 3 is 2.60 bits per heavy atom. The van der Waals surface area contributed by atoms with Gasteiger partial charge < -0.3 is 11.1 Å². The van der Waals surface area contributed by atoms with Crippen LogP contribution >= 0.6 is 0 Å². The van der Waals surface area contributed by atoms with Crippen molar-refractivity contribution in [3.05, 3.63) is 47.3 Å².